The number of carbonyl (C=O) groups is 1. The number of hydrogen-bond donors (Lipinski definition) is 0. The third kappa shape index (κ3) is 3.98. The smallest absolute Gasteiger partial charge is 0.191 e. The van der Waals surface area contributed by atoms with Gasteiger partial charge in [-0.25, -0.2) is 0 Å². The SMILES string of the molecule is CCCn1c(C)cc(C(=O)CSc2nnc(-c3ccncc3)n2CC)c1C. The van der Waals surface area contributed by atoms with Crippen molar-refractivity contribution >= 4 is 17.5 Å². The van der Waals surface area contributed by atoms with E-state index in [-0.39, 0.29) is 5.78 Å². The minimum absolute atomic E-state index is 0.131. The number of aromatic nitrogens is 5. The van der Waals surface area contributed by atoms with Gasteiger partial charge in [0.2, 0.25) is 0 Å². The maximum absolute atomic E-state index is 12.8. The Morgan fingerprint density at radius 3 is 2.52 bits per heavy atom. The molecular formula is C20H25N5OS. The van der Waals surface area contributed by atoms with Gasteiger partial charge >= 0.3 is 0 Å². The van der Waals surface area contributed by atoms with E-state index in [1.807, 2.05) is 29.7 Å². The van der Waals surface area contributed by atoms with Crippen LogP contribution >= 0.6 is 11.8 Å². The largest absolute Gasteiger partial charge is 0.348 e. The number of nitrogens with zero attached hydrogens (tertiary/aromatic N) is 5. The first-order valence-electron chi connectivity index (χ1n) is 9.23. The van der Waals surface area contributed by atoms with E-state index in [1.165, 1.54) is 11.8 Å². The van der Waals surface area contributed by atoms with Gasteiger partial charge in [0.25, 0.3) is 0 Å². The fraction of sp³-hybridized carbons (Fsp3) is 0.400. The zero-order chi connectivity index (χ0) is 19.4. The van der Waals surface area contributed by atoms with E-state index in [1.54, 1.807) is 12.4 Å². The first-order chi connectivity index (χ1) is 13.1. The molecule has 0 aliphatic heterocycles. The molecule has 0 saturated heterocycles. The summed E-state index contributed by atoms with van der Waals surface area (Å²) < 4.78 is 4.25. The van der Waals surface area contributed by atoms with E-state index in [0.717, 1.165) is 53.0 Å². The molecule has 3 heterocycles. The fourth-order valence-corrected chi connectivity index (χ4v) is 4.14. The number of Topliss-reactive ketones (excluding diaryl/α,β-unsaturated/α-hetero) is 1. The number of thioether (sulfide) groups is 1. The molecule has 0 aliphatic carbocycles. The summed E-state index contributed by atoms with van der Waals surface area (Å²) in [6, 6.07) is 5.83. The molecule has 0 fully saturated rings. The third-order valence-corrected chi connectivity index (χ3v) is 5.59. The average molecular weight is 384 g/mol. The first-order valence-corrected chi connectivity index (χ1v) is 10.2. The monoisotopic (exact) mass is 383 g/mol. The fourth-order valence-electron chi connectivity index (χ4n) is 3.25. The van der Waals surface area contributed by atoms with Gasteiger partial charge in [0.15, 0.2) is 16.8 Å². The molecule has 0 aromatic carbocycles. The molecule has 0 atom stereocenters. The number of ketones is 1. The summed E-state index contributed by atoms with van der Waals surface area (Å²) in [5.74, 6) is 1.28. The summed E-state index contributed by atoms with van der Waals surface area (Å²) in [6.45, 7) is 9.97. The number of rotatable bonds is 8. The van der Waals surface area contributed by atoms with Crippen molar-refractivity contribution in [2.45, 2.75) is 52.4 Å². The number of pyridine rings is 1. The summed E-state index contributed by atoms with van der Waals surface area (Å²) in [6.07, 6.45) is 4.54. The molecule has 0 radical (unpaired) electrons. The summed E-state index contributed by atoms with van der Waals surface area (Å²) in [5.41, 5.74) is 3.97. The molecule has 142 valence electrons. The zero-order valence-corrected chi connectivity index (χ0v) is 17.1. The van der Waals surface area contributed by atoms with E-state index in [0.29, 0.717) is 5.75 Å². The van der Waals surface area contributed by atoms with Crippen molar-refractivity contribution in [3.05, 3.63) is 47.5 Å². The Balaban J connectivity index is 1.77. The highest BCUT2D eigenvalue weighted by Crippen LogP contribution is 2.25. The zero-order valence-electron chi connectivity index (χ0n) is 16.3. The summed E-state index contributed by atoms with van der Waals surface area (Å²) in [4.78, 5) is 16.8. The molecule has 3 rings (SSSR count). The van der Waals surface area contributed by atoms with Crippen molar-refractivity contribution in [3.8, 4) is 11.4 Å². The average Bonchev–Trinajstić information content (AvgIpc) is 3.22. The van der Waals surface area contributed by atoms with Crippen LogP contribution < -0.4 is 0 Å². The Hall–Kier alpha value is -2.41. The van der Waals surface area contributed by atoms with Gasteiger partial charge in [-0.3, -0.25) is 9.78 Å². The van der Waals surface area contributed by atoms with Crippen LogP contribution in [0.3, 0.4) is 0 Å². The molecule has 0 spiro atoms. The Bertz CT molecular complexity index is 930. The highest BCUT2D eigenvalue weighted by atomic mass is 32.2. The molecule has 3 aromatic heterocycles. The maximum Gasteiger partial charge on any atom is 0.191 e. The standard InChI is InChI=1S/C20H25N5OS/c1-5-11-25-14(3)12-17(15(25)4)18(26)13-27-20-23-22-19(24(20)6-2)16-7-9-21-10-8-16/h7-10,12H,5-6,11,13H2,1-4H3. The van der Waals surface area contributed by atoms with Crippen LogP contribution in [0.2, 0.25) is 0 Å². The van der Waals surface area contributed by atoms with Crippen LogP contribution in [-0.2, 0) is 13.1 Å². The second-order valence-electron chi connectivity index (χ2n) is 6.43. The molecule has 0 bridgehead atoms. The second kappa shape index (κ2) is 8.52. The van der Waals surface area contributed by atoms with E-state index in [2.05, 4.69) is 40.5 Å². The van der Waals surface area contributed by atoms with E-state index in [4.69, 9.17) is 0 Å². The van der Waals surface area contributed by atoms with Gasteiger partial charge in [-0.15, -0.1) is 10.2 Å². The Morgan fingerprint density at radius 1 is 1.11 bits per heavy atom. The van der Waals surface area contributed by atoms with Crippen LogP contribution in [0, 0.1) is 13.8 Å². The molecule has 0 unspecified atom stereocenters. The lowest BCUT2D eigenvalue weighted by molar-refractivity contribution is 0.102. The van der Waals surface area contributed by atoms with Crippen LogP contribution in [-0.4, -0.2) is 35.9 Å². The van der Waals surface area contributed by atoms with Gasteiger partial charge in [0.1, 0.15) is 0 Å². The van der Waals surface area contributed by atoms with Gasteiger partial charge in [0.05, 0.1) is 5.75 Å². The van der Waals surface area contributed by atoms with Crippen LogP contribution in [0.5, 0.6) is 0 Å². The van der Waals surface area contributed by atoms with Gasteiger partial charge in [0, 0.05) is 48.0 Å². The highest BCUT2D eigenvalue weighted by molar-refractivity contribution is 7.99. The van der Waals surface area contributed by atoms with E-state index in [9.17, 15) is 4.79 Å². The molecule has 0 aliphatic rings. The summed E-state index contributed by atoms with van der Waals surface area (Å²) in [5, 5.41) is 9.38. The van der Waals surface area contributed by atoms with Crippen LogP contribution in [0.25, 0.3) is 11.4 Å². The van der Waals surface area contributed by atoms with Gasteiger partial charge in [-0.05, 0) is 45.4 Å². The van der Waals surface area contributed by atoms with Crippen molar-refractivity contribution in [1.82, 2.24) is 24.3 Å². The maximum atomic E-state index is 12.8. The molecule has 0 amide bonds. The van der Waals surface area contributed by atoms with E-state index >= 15 is 0 Å². The number of carbonyl (C=O) groups excluding carboxylic acids is 1. The molecule has 3 aromatic rings. The highest BCUT2D eigenvalue weighted by Gasteiger charge is 2.18. The minimum atomic E-state index is 0.131. The lowest BCUT2D eigenvalue weighted by atomic mass is 10.2. The van der Waals surface area contributed by atoms with Crippen molar-refractivity contribution in [3.63, 3.8) is 0 Å². The van der Waals surface area contributed by atoms with Crippen LogP contribution in [0.4, 0.5) is 0 Å². The minimum Gasteiger partial charge on any atom is -0.348 e. The Morgan fingerprint density at radius 2 is 1.85 bits per heavy atom. The van der Waals surface area contributed by atoms with Crippen molar-refractivity contribution in [2.24, 2.45) is 0 Å². The van der Waals surface area contributed by atoms with Crippen molar-refractivity contribution in [2.75, 3.05) is 5.75 Å². The topological polar surface area (TPSA) is 65.6 Å². The van der Waals surface area contributed by atoms with Gasteiger partial charge in [-0.2, -0.15) is 0 Å². The Kier molecular flexibility index (Phi) is 6.11. The Labute approximate surface area is 164 Å². The third-order valence-electron chi connectivity index (χ3n) is 4.63. The van der Waals surface area contributed by atoms with Gasteiger partial charge < -0.3 is 9.13 Å². The molecule has 0 saturated carbocycles. The first kappa shape index (κ1) is 19.4. The molecule has 6 nitrogen and oxygen atoms in total. The normalized spacial score (nSPS) is 11.1. The predicted octanol–water partition coefficient (Wildman–Crippen LogP) is 4.16. The molecule has 7 heteroatoms. The summed E-state index contributed by atoms with van der Waals surface area (Å²) >= 11 is 1.44. The lowest BCUT2D eigenvalue weighted by Crippen LogP contribution is -2.07. The summed E-state index contributed by atoms with van der Waals surface area (Å²) in [7, 11) is 0. The second-order valence-corrected chi connectivity index (χ2v) is 7.38. The van der Waals surface area contributed by atoms with Crippen LogP contribution in [0.15, 0.2) is 35.7 Å². The molecular weight excluding hydrogens is 358 g/mol. The lowest BCUT2D eigenvalue weighted by Gasteiger charge is -2.08. The van der Waals surface area contributed by atoms with Gasteiger partial charge in [-0.1, -0.05) is 18.7 Å². The quantitative estimate of drug-likeness (QED) is 0.432. The van der Waals surface area contributed by atoms with Crippen LogP contribution in [0.1, 0.15) is 42.0 Å². The number of aryl methyl sites for hydroxylation is 1. The van der Waals surface area contributed by atoms with Crippen molar-refractivity contribution in [1.29, 1.82) is 0 Å². The molecule has 27 heavy (non-hydrogen) atoms. The predicted molar refractivity (Wildman–Crippen MR) is 108 cm³/mol. The van der Waals surface area contributed by atoms with E-state index < -0.39 is 0 Å². The van der Waals surface area contributed by atoms with Crippen molar-refractivity contribution < 1.29 is 4.79 Å². The number of hydrogen-bond acceptors (Lipinski definition) is 5. The molecule has 0 N–H and O–H groups in total.